The van der Waals surface area contributed by atoms with Gasteiger partial charge in [0.15, 0.2) is 4.90 Å². The van der Waals surface area contributed by atoms with Crippen LogP contribution in [-0.2, 0) is 25.9 Å². The Morgan fingerprint density at radius 3 is 2.49 bits per heavy atom. The van der Waals surface area contributed by atoms with Crippen molar-refractivity contribution in [2.75, 3.05) is 13.7 Å². The fourth-order valence-corrected chi connectivity index (χ4v) is 5.08. The first kappa shape index (κ1) is 26.6. The highest BCUT2D eigenvalue weighted by Gasteiger charge is 2.32. The number of benzene rings is 2. The molecule has 0 saturated heterocycles. The van der Waals surface area contributed by atoms with Gasteiger partial charge < -0.3 is 14.6 Å². The van der Waals surface area contributed by atoms with Gasteiger partial charge in [-0.25, -0.2) is 8.42 Å². The lowest BCUT2D eigenvalue weighted by atomic mass is 10.0. The molecule has 0 aliphatic heterocycles. The van der Waals surface area contributed by atoms with Crippen LogP contribution in [0.1, 0.15) is 36.8 Å². The van der Waals surface area contributed by atoms with Crippen molar-refractivity contribution in [3.05, 3.63) is 80.3 Å². The third-order valence-corrected chi connectivity index (χ3v) is 7.42. The number of halogens is 1. The fraction of sp³-hybridized carbons (Fsp3) is 0.292. The third-order valence-electron chi connectivity index (χ3n) is 5.10. The standard InChI is InChI=1S/C24H24BrN3O6S/c1-15(2)34-14-21-27-23(29)22(35(31,32)19-9-7-18(25)8-10-19)24(30)28(21)20(13-33-3)17-6-4-5-16(11-17)12-26/h4-11,15,20,29H,13-14H2,1-3H3/t20-/m0/s1. The van der Waals surface area contributed by atoms with Crippen molar-refractivity contribution in [1.29, 1.82) is 5.26 Å². The second-order valence-electron chi connectivity index (χ2n) is 7.88. The Morgan fingerprint density at radius 2 is 1.89 bits per heavy atom. The highest BCUT2D eigenvalue weighted by molar-refractivity contribution is 9.10. The molecule has 0 bridgehead atoms. The van der Waals surface area contributed by atoms with E-state index >= 15 is 0 Å². The van der Waals surface area contributed by atoms with Crippen LogP contribution in [0.3, 0.4) is 0 Å². The molecule has 1 aromatic heterocycles. The zero-order chi connectivity index (χ0) is 25.8. The molecule has 0 amide bonds. The number of hydrogen-bond donors (Lipinski definition) is 1. The number of hydrogen-bond acceptors (Lipinski definition) is 8. The molecule has 1 atom stereocenters. The second kappa shape index (κ2) is 11.1. The molecule has 0 radical (unpaired) electrons. The molecule has 0 aliphatic carbocycles. The minimum atomic E-state index is -4.43. The Labute approximate surface area is 211 Å². The number of aromatic nitrogens is 2. The molecular formula is C24H24BrN3O6S. The van der Waals surface area contributed by atoms with E-state index in [-0.39, 0.29) is 30.0 Å². The molecule has 184 valence electrons. The Morgan fingerprint density at radius 1 is 1.20 bits per heavy atom. The summed E-state index contributed by atoms with van der Waals surface area (Å²) in [4.78, 5) is 16.8. The number of rotatable bonds is 9. The molecule has 0 spiro atoms. The highest BCUT2D eigenvalue weighted by Crippen LogP contribution is 2.28. The van der Waals surface area contributed by atoms with E-state index in [1.54, 1.807) is 38.1 Å². The summed E-state index contributed by atoms with van der Waals surface area (Å²) in [6, 6.07) is 13.4. The van der Waals surface area contributed by atoms with Crippen LogP contribution in [0.4, 0.5) is 0 Å². The van der Waals surface area contributed by atoms with E-state index in [4.69, 9.17) is 9.47 Å². The van der Waals surface area contributed by atoms with E-state index in [1.165, 1.54) is 31.4 Å². The summed E-state index contributed by atoms with van der Waals surface area (Å²) in [6.45, 7) is 3.38. The van der Waals surface area contributed by atoms with Crippen molar-refractivity contribution in [3.63, 3.8) is 0 Å². The average Bonchev–Trinajstić information content (AvgIpc) is 2.81. The first-order valence-corrected chi connectivity index (χ1v) is 12.8. The third kappa shape index (κ3) is 5.79. The summed E-state index contributed by atoms with van der Waals surface area (Å²) in [7, 11) is -3.00. The molecule has 0 fully saturated rings. The maximum Gasteiger partial charge on any atom is 0.277 e. The smallest absolute Gasteiger partial charge is 0.277 e. The SMILES string of the molecule is COC[C@@H](c1cccc(C#N)c1)n1c(COC(C)C)nc(O)c(S(=O)(=O)c2ccc(Br)cc2)c1=O. The Balaban J connectivity index is 2.32. The number of methoxy groups -OCH3 is 1. The zero-order valence-electron chi connectivity index (χ0n) is 19.3. The van der Waals surface area contributed by atoms with Crippen LogP contribution in [0, 0.1) is 11.3 Å². The largest absolute Gasteiger partial charge is 0.492 e. The predicted octanol–water partition coefficient (Wildman–Crippen LogP) is 3.58. The zero-order valence-corrected chi connectivity index (χ0v) is 21.7. The first-order valence-electron chi connectivity index (χ1n) is 10.6. The lowest BCUT2D eigenvalue weighted by molar-refractivity contribution is 0.0557. The molecule has 11 heteroatoms. The van der Waals surface area contributed by atoms with E-state index in [2.05, 4.69) is 20.9 Å². The quantitative estimate of drug-likeness (QED) is 0.419. The number of ether oxygens (including phenoxy) is 2. The molecule has 3 aromatic rings. The Hall–Kier alpha value is -3.04. The van der Waals surface area contributed by atoms with Crippen LogP contribution < -0.4 is 5.56 Å². The van der Waals surface area contributed by atoms with Crippen LogP contribution in [-0.4, -0.2) is 42.9 Å². The molecule has 0 aliphatic rings. The van der Waals surface area contributed by atoms with Crippen molar-refractivity contribution < 1.29 is 23.0 Å². The van der Waals surface area contributed by atoms with E-state index in [0.29, 0.717) is 15.6 Å². The van der Waals surface area contributed by atoms with E-state index in [1.807, 2.05) is 6.07 Å². The van der Waals surface area contributed by atoms with Gasteiger partial charge in [-0.05, 0) is 55.8 Å². The lowest BCUT2D eigenvalue weighted by Crippen LogP contribution is -2.35. The van der Waals surface area contributed by atoms with Crippen LogP contribution >= 0.6 is 15.9 Å². The topological polar surface area (TPSA) is 132 Å². The van der Waals surface area contributed by atoms with Crippen molar-refractivity contribution in [3.8, 4) is 11.9 Å². The van der Waals surface area contributed by atoms with Crippen molar-refractivity contribution in [2.45, 2.75) is 42.4 Å². The van der Waals surface area contributed by atoms with Gasteiger partial charge in [0.1, 0.15) is 12.4 Å². The van der Waals surface area contributed by atoms with Gasteiger partial charge >= 0.3 is 0 Å². The van der Waals surface area contributed by atoms with Crippen molar-refractivity contribution >= 4 is 25.8 Å². The van der Waals surface area contributed by atoms with Crippen LogP contribution in [0.2, 0.25) is 0 Å². The molecule has 1 heterocycles. The van der Waals surface area contributed by atoms with Gasteiger partial charge in [0.25, 0.3) is 5.56 Å². The Kier molecular flexibility index (Phi) is 8.45. The summed E-state index contributed by atoms with van der Waals surface area (Å²) in [5, 5.41) is 20.0. The van der Waals surface area contributed by atoms with Gasteiger partial charge in [0.05, 0.1) is 35.3 Å². The van der Waals surface area contributed by atoms with Gasteiger partial charge in [0, 0.05) is 11.6 Å². The average molecular weight is 562 g/mol. The van der Waals surface area contributed by atoms with Gasteiger partial charge in [-0.1, -0.05) is 28.1 Å². The monoisotopic (exact) mass is 561 g/mol. The summed E-state index contributed by atoms with van der Waals surface area (Å²) in [5.41, 5.74) is -0.100. The summed E-state index contributed by atoms with van der Waals surface area (Å²) in [5.74, 6) is -0.904. The minimum absolute atomic E-state index is 0.0142. The van der Waals surface area contributed by atoms with Crippen molar-refractivity contribution in [2.24, 2.45) is 0 Å². The molecule has 1 N–H and O–H groups in total. The van der Waals surface area contributed by atoms with E-state index < -0.39 is 32.2 Å². The molecule has 0 saturated carbocycles. The molecule has 2 aromatic carbocycles. The van der Waals surface area contributed by atoms with Gasteiger partial charge in [-0.2, -0.15) is 10.2 Å². The van der Waals surface area contributed by atoms with Crippen LogP contribution in [0.25, 0.3) is 0 Å². The normalized spacial score (nSPS) is 12.5. The number of nitrogens with zero attached hydrogens (tertiary/aromatic N) is 3. The highest BCUT2D eigenvalue weighted by atomic mass is 79.9. The molecule has 35 heavy (non-hydrogen) atoms. The van der Waals surface area contributed by atoms with Crippen LogP contribution in [0.15, 0.2) is 67.6 Å². The molecule has 3 rings (SSSR count). The first-order chi connectivity index (χ1) is 16.6. The maximum absolute atomic E-state index is 13.8. The number of aromatic hydroxyl groups is 1. The number of nitriles is 1. The molecule has 0 unspecified atom stereocenters. The van der Waals surface area contributed by atoms with E-state index in [0.717, 1.165) is 4.57 Å². The fourth-order valence-electron chi connectivity index (χ4n) is 3.47. The van der Waals surface area contributed by atoms with Crippen LogP contribution in [0.5, 0.6) is 5.88 Å². The second-order valence-corrected chi connectivity index (χ2v) is 10.7. The van der Waals surface area contributed by atoms with Crippen molar-refractivity contribution in [1.82, 2.24) is 9.55 Å². The van der Waals surface area contributed by atoms with E-state index in [9.17, 15) is 23.6 Å². The molecular weight excluding hydrogens is 538 g/mol. The lowest BCUT2D eigenvalue weighted by Gasteiger charge is -2.24. The van der Waals surface area contributed by atoms with Gasteiger partial charge in [0.2, 0.25) is 15.7 Å². The number of sulfone groups is 1. The summed E-state index contributed by atoms with van der Waals surface area (Å²) in [6.07, 6.45) is -0.225. The predicted molar refractivity (Wildman–Crippen MR) is 131 cm³/mol. The molecule has 9 nitrogen and oxygen atoms in total. The maximum atomic E-state index is 13.8. The minimum Gasteiger partial charge on any atom is -0.492 e. The van der Waals surface area contributed by atoms with Gasteiger partial charge in [-0.3, -0.25) is 9.36 Å². The Bertz CT molecular complexity index is 1410. The summed E-state index contributed by atoms with van der Waals surface area (Å²) >= 11 is 3.25. The van der Waals surface area contributed by atoms with Gasteiger partial charge in [-0.15, -0.1) is 0 Å². The summed E-state index contributed by atoms with van der Waals surface area (Å²) < 4.78 is 39.6.